The maximum Gasteiger partial charge on any atom is 0.253 e. The molecule has 0 radical (unpaired) electrons. The number of rotatable bonds is 11. The second kappa shape index (κ2) is 15.5. The summed E-state index contributed by atoms with van der Waals surface area (Å²) in [7, 11) is 3.51. The van der Waals surface area contributed by atoms with Crippen molar-refractivity contribution in [2.45, 2.75) is 39.7 Å². The Kier molecular flexibility index (Phi) is 13.4. The molecule has 0 aliphatic rings. The maximum atomic E-state index is 12.0. The number of aliphatic imine (C=N–C) groups is 1. The highest BCUT2D eigenvalue weighted by molar-refractivity contribution is 14.0. The van der Waals surface area contributed by atoms with E-state index in [2.05, 4.69) is 41.6 Å². The van der Waals surface area contributed by atoms with Gasteiger partial charge in [0.15, 0.2) is 5.96 Å². The van der Waals surface area contributed by atoms with Gasteiger partial charge in [-0.25, -0.2) is 4.99 Å². The highest BCUT2D eigenvalue weighted by Crippen LogP contribution is 2.13. The molecule has 0 aromatic heterocycles. The minimum Gasteiger partial charge on any atom is -0.494 e. The van der Waals surface area contributed by atoms with E-state index < -0.39 is 0 Å². The maximum absolute atomic E-state index is 12.0. The lowest BCUT2D eigenvalue weighted by Gasteiger charge is -2.12. The fraction of sp³-hybridized carbons (Fsp3) is 0.440. The fourth-order valence-electron chi connectivity index (χ4n) is 2.93. The van der Waals surface area contributed by atoms with Gasteiger partial charge in [-0.05, 0) is 55.2 Å². The van der Waals surface area contributed by atoms with Crippen LogP contribution < -0.4 is 15.4 Å². The van der Waals surface area contributed by atoms with Crippen LogP contribution in [0.1, 0.15) is 48.2 Å². The summed E-state index contributed by atoms with van der Waals surface area (Å²) in [5, 5.41) is 6.67. The third-order valence-electron chi connectivity index (χ3n) is 4.77. The molecule has 7 heteroatoms. The SMILES string of the molecule is CCCCOc1ccc(CCNC(=NCc2ccc(C(=O)N(C)C)cc2)NCC)cc1.I. The monoisotopic (exact) mass is 552 g/mol. The van der Waals surface area contributed by atoms with Gasteiger partial charge in [0.05, 0.1) is 13.2 Å². The van der Waals surface area contributed by atoms with Crippen LogP contribution in [-0.4, -0.2) is 50.6 Å². The Labute approximate surface area is 209 Å². The average molecular weight is 553 g/mol. The van der Waals surface area contributed by atoms with Crippen LogP contribution in [0.2, 0.25) is 0 Å². The van der Waals surface area contributed by atoms with Crippen molar-refractivity contribution < 1.29 is 9.53 Å². The molecule has 0 unspecified atom stereocenters. The van der Waals surface area contributed by atoms with Gasteiger partial charge in [-0.2, -0.15) is 0 Å². The van der Waals surface area contributed by atoms with Crippen molar-refractivity contribution >= 4 is 35.8 Å². The smallest absolute Gasteiger partial charge is 0.253 e. The number of halogens is 1. The number of benzene rings is 2. The van der Waals surface area contributed by atoms with E-state index in [1.165, 1.54) is 5.56 Å². The molecule has 1 amide bonds. The van der Waals surface area contributed by atoms with E-state index >= 15 is 0 Å². The molecule has 0 bridgehead atoms. The van der Waals surface area contributed by atoms with Crippen LogP contribution in [0.15, 0.2) is 53.5 Å². The van der Waals surface area contributed by atoms with Crippen LogP contribution in [0.4, 0.5) is 0 Å². The van der Waals surface area contributed by atoms with Crippen molar-refractivity contribution in [3.8, 4) is 5.75 Å². The first-order valence-electron chi connectivity index (χ1n) is 11.1. The first-order valence-corrected chi connectivity index (χ1v) is 11.1. The van der Waals surface area contributed by atoms with E-state index in [0.717, 1.165) is 56.2 Å². The van der Waals surface area contributed by atoms with E-state index in [9.17, 15) is 4.79 Å². The molecule has 0 saturated carbocycles. The molecule has 0 aliphatic carbocycles. The predicted molar refractivity (Wildman–Crippen MR) is 143 cm³/mol. The Bertz CT molecular complexity index is 821. The summed E-state index contributed by atoms with van der Waals surface area (Å²) in [6.07, 6.45) is 3.12. The Balaban J connectivity index is 0.00000512. The molecule has 2 N–H and O–H groups in total. The Morgan fingerprint density at radius 3 is 2.22 bits per heavy atom. The zero-order chi connectivity index (χ0) is 22.5. The molecule has 2 aromatic carbocycles. The van der Waals surface area contributed by atoms with E-state index in [-0.39, 0.29) is 29.9 Å². The highest BCUT2D eigenvalue weighted by Gasteiger charge is 2.07. The number of nitrogens with one attached hydrogen (secondary N) is 2. The summed E-state index contributed by atoms with van der Waals surface area (Å²) in [5.74, 6) is 1.72. The van der Waals surface area contributed by atoms with Gasteiger partial charge in [0.1, 0.15) is 5.75 Å². The predicted octanol–water partition coefficient (Wildman–Crippen LogP) is 4.48. The molecule has 2 aromatic rings. The standard InChI is InChI=1S/C25H36N4O2.HI/c1-5-7-18-31-23-14-10-20(11-15-23)16-17-27-25(26-6-2)28-19-21-8-12-22(13-9-21)24(30)29(3)4;/h8-15H,5-7,16-19H2,1-4H3,(H2,26,27,28);1H. The quantitative estimate of drug-likeness (QED) is 0.187. The zero-order valence-electron chi connectivity index (χ0n) is 19.7. The van der Waals surface area contributed by atoms with Crippen LogP contribution in [-0.2, 0) is 13.0 Å². The first-order chi connectivity index (χ1) is 15.0. The largest absolute Gasteiger partial charge is 0.494 e. The minimum absolute atomic E-state index is 0. The average Bonchev–Trinajstić information content (AvgIpc) is 2.78. The van der Waals surface area contributed by atoms with E-state index in [1.54, 1.807) is 19.0 Å². The summed E-state index contributed by atoms with van der Waals surface area (Å²) < 4.78 is 5.72. The molecule has 0 fully saturated rings. The van der Waals surface area contributed by atoms with Crippen LogP contribution in [0.3, 0.4) is 0 Å². The normalized spacial score (nSPS) is 10.8. The van der Waals surface area contributed by atoms with Crippen molar-refractivity contribution in [2.75, 3.05) is 33.8 Å². The second-order valence-corrected chi connectivity index (χ2v) is 7.61. The molecule has 2 rings (SSSR count). The minimum atomic E-state index is 0. The number of carbonyl (C=O) groups is 1. The lowest BCUT2D eigenvalue weighted by atomic mass is 10.1. The number of amides is 1. The second-order valence-electron chi connectivity index (χ2n) is 7.61. The third-order valence-corrected chi connectivity index (χ3v) is 4.77. The van der Waals surface area contributed by atoms with Gasteiger partial charge in [-0.1, -0.05) is 37.6 Å². The third kappa shape index (κ3) is 9.89. The number of hydrogen-bond donors (Lipinski definition) is 2. The van der Waals surface area contributed by atoms with Gasteiger partial charge in [0, 0.05) is 32.7 Å². The van der Waals surface area contributed by atoms with Gasteiger partial charge < -0.3 is 20.3 Å². The van der Waals surface area contributed by atoms with E-state index in [4.69, 9.17) is 4.74 Å². The molecule has 6 nitrogen and oxygen atoms in total. The number of ether oxygens (including phenoxy) is 1. The van der Waals surface area contributed by atoms with Gasteiger partial charge in [0.2, 0.25) is 0 Å². The Hall–Kier alpha value is -2.29. The number of guanidine groups is 1. The zero-order valence-corrected chi connectivity index (χ0v) is 22.0. The van der Waals surface area contributed by atoms with Crippen LogP contribution in [0.5, 0.6) is 5.75 Å². The van der Waals surface area contributed by atoms with Crippen LogP contribution in [0, 0.1) is 0 Å². The molecule has 0 aliphatic heterocycles. The molecule has 0 heterocycles. The van der Waals surface area contributed by atoms with Crippen molar-refractivity contribution in [1.82, 2.24) is 15.5 Å². The molecule has 0 atom stereocenters. The molecule has 32 heavy (non-hydrogen) atoms. The highest BCUT2D eigenvalue weighted by atomic mass is 127. The van der Waals surface area contributed by atoms with Crippen molar-refractivity contribution in [1.29, 1.82) is 0 Å². The lowest BCUT2D eigenvalue weighted by Crippen LogP contribution is -2.38. The summed E-state index contributed by atoms with van der Waals surface area (Å²) in [6, 6.07) is 15.9. The topological polar surface area (TPSA) is 66.0 Å². The summed E-state index contributed by atoms with van der Waals surface area (Å²) in [5.41, 5.74) is 3.00. The van der Waals surface area contributed by atoms with Crippen LogP contribution in [0.25, 0.3) is 0 Å². The van der Waals surface area contributed by atoms with Gasteiger partial charge in [-0.3, -0.25) is 4.79 Å². The van der Waals surface area contributed by atoms with Crippen molar-refractivity contribution in [2.24, 2.45) is 4.99 Å². The van der Waals surface area contributed by atoms with Gasteiger partial charge in [-0.15, -0.1) is 24.0 Å². The summed E-state index contributed by atoms with van der Waals surface area (Å²) in [4.78, 5) is 18.2. The lowest BCUT2D eigenvalue weighted by molar-refractivity contribution is 0.0827. The fourth-order valence-corrected chi connectivity index (χ4v) is 2.93. The van der Waals surface area contributed by atoms with Gasteiger partial charge in [0.25, 0.3) is 5.91 Å². The number of hydrogen-bond acceptors (Lipinski definition) is 3. The molecule has 0 saturated heterocycles. The van der Waals surface area contributed by atoms with E-state index in [0.29, 0.717) is 12.1 Å². The van der Waals surface area contributed by atoms with Crippen molar-refractivity contribution in [3.05, 3.63) is 65.2 Å². The summed E-state index contributed by atoms with van der Waals surface area (Å²) >= 11 is 0. The number of unbranched alkanes of at least 4 members (excludes halogenated alkanes) is 1. The Morgan fingerprint density at radius 1 is 0.969 bits per heavy atom. The molecule has 0 spiro atoms. The first kappa shape index (κ1) is 27.7. The van der Waals surface area contributed by atoms with Crippen LogP contribution >= 0.6 is 24.0 Å². The van der Waals surface area contributed by atoms with Crippen molar-refractivity contribution in [3.63, 3.8) is 0 Å². The molecular weight excluding hydrogens is 515 g/mol. The van der Waals surface area contributed by atoms with Gasteiger partial charge >= 0.3 is 0 Å². The Morgan fingerprint density at radius 2 is 1.62 bits per heavy atom. The number of carbonyl (C=O) groups excluding carboxylic acids is 1. The molecular formula is C25H37IN4O2. The molecule has 176 valence electrons. The van der Waals surface area contributed by atoms with E-state index in [1.807, 2.05) is 36.4 Å². The summed E-state index contributed by atoms with van der Waals surface area (Å²) in [6.45, 7) is 7.12. The number of nitrogens with zero attached hydrogens (tertiary/aromatic N) is 2.